The molecule has 24 heavy (non-hydrogen) atoms. The Balaban J connectivity index is 2.24. The Morgan fingerprint density at radius 3 is 2.62 bits per heavy atom. The number of nitriles is 1. The van der Waals surface area contributed by atoms with Gasteiger partial charge in [0.15, 0.2) is 0 Å². The fourth-order valence-electron chi connectivity index (χ4n) is 2.66. The number of carbonyl (C=O) groups is 2. The Bertz CT molecular complexity index is 698. The zero-order valence-electron chi connectivity index (χ0n) is 14.5. The molecule has 6 heteroatoms. The average molecular weight is 330 g/mol. The van der Waals surface area contributed by atoms with Crippen LogP contribution in [-0.4, -0.2) is 36.2 Å². The molecule has 0 radical (unpaired) electrons. The summed E-state index contributed by atoms with van der Waals surface area (Å²) in [5.41, 5.74) is 2.50. The van der Waals surface area contributed by atoms with E-state index in [1.54, 1.807) is 11.0 Å². The zero-order chi connectivity index (χ0) is 17.9. The molecule has 1 aliphatic heterocycles. The Labute approximate surface area is 142 Å². The maximum atomic E-state index is 12.2. The molecule has 1 aromatic carbocycles. The second-order valence-corrected chi connectivity index (χ2v) is 6.80. The van der Waals surface area contributed by atoms with Gasteiger partial charge in [-0.2, -0.15) is 5.26 Å². The number of ether oxygens (including phenoxy) is 2. The van der Waals surface area contributed by atoms with Gasteiger partial charge < -0.3 is 14.4 Å². The van der Waals surface area contributed by atoms with Crippen LogP contribution < -0.4 is 0 Å². The Kier molecular flexibility index (Phi) is 5.13. The maximum absolute atomic E-state index is 12.2. The van der Waals surface area contributed by atoms with Gasteiger partial charge in [0.25, 0.3) is 0 Å². The van der Waals surface area contributed by atoms with Crippen molar-refractivity contribution < 1.29 is 19.1 Å². The van der Waals surface area contributed by atoms with E-state index in [4.69, 9.17) is 4.74 Å². The molecule has 1 aliphatic rings. The van der Waals surface area contributed by atoms with Gasteiger partial charge in [-0.25, -0.2) is 4.79 Å². The van der Waals surface area contributed by atoms with E-state index in [0.29, 0.717) is 25.1 Å². The van der Waals surface area contributed by atoms with Crippen molar-refractivity contribution in [1.29, 1.82) is 5.26 Å². The lowest BCUT2D eigenvalue weighted by molar-refractivity contribution is -0.139. The summed E-state index contributed by atoms with van der Waals surface area (Å²) in [4.78, 5) is 25.3. The van der Waals surface area contributed by atoms with Crippen molar-refractivity contribution in [2.75, 3.05) is 13.7 Å². The van der Waals surface area contributed by atoms with Gasteiger partial charge in [0, 0.05) is 6.54 Å². The molecule has 0 bridgehead atoms. The van der Waals surface area contributed by atoms with Crippen LogP contribution in [0.15, 0.2) is 12.1 Å². The number of nitrogens with zero attached hydrogens (tertiary/aromatic N) is 2. The summed E-state index contributed by atoms with van der Waals surface area (Å²) in [5.74, 6) is -0.343. The Morgan fingerprint density at radius 2 is 2.04 bits per heavy atom. The van der Waals surface area contributed by atoms with E-state index in [9.17, 15) is 14.9 Å². The molecule has 0 N–H and O–H groups in total. The number of rotatable bonds is 2. The molecule has 0 aliphatic carbocycles. The van der Waals surface area contributed by atoms with Crippen molar-refractivity contribution >= 4 is 12.1 Å². The van der Waals surface area contributed by atoms with Crippen molar-refractivity contribution in [3.63, 3.8) is 0 Å². The van der Waals surface area contributed by atoms with Crippen molar-refractivity contribution in [1.82, 2.24) is 4.90 Å². The van der Waals surface area contributed by atoms with Crippen molar-refractivity contribution in [2.45, 2.75) is 45.8 Å². The summed E-state index contributed by atoms with van der Waals surface area (Å²) in [6, 6.07) is 5.77. The SMILES string of the molecule is COC(=O)Cc1cc(C#N)c2c(c1)CCN(C(=O)OC(C)(C)C)C2. The molecular formula is C18H22N2O4. The monoisotopic (exact) mass is 330 g/mol. The van der Waals surface area contributed by atoms with Crippen LogP contribution in [0.25, 0.3) is 0 Å². The highest BCUT2D eigenvalue weighted by Crippen LogP contribution is 2.26. The first-order valence-electron chi connectivity index (χ1n) is 7.83. The molecule has 0 saturated carbocycles. The molecule has 6 nitrogen and oxygen atoms in total. The number of amides is 1. The van der Waals surface area contributed by atoms with Gasteiger partial charge in [0.1, 0.15) is 5.60 Å². The fraction of sp³-hybridized carbons (Fsp3) is 0.500. The lowest BCUT2D eigenvalue weighted by atomic mass is 9.92. The van der Waals surface area contributed by atoms with Crippen LogP contribution in [-0.2, 0) is 33.7 Å². The molecule has 0 saturated heterocycles. The van der Waals surface area contributed by atoms with E-state index >= 15 is 0 Å². The number of hydrogen-bond acceptors (Lipinski definition) is 5. The summed E-state index contributed by atoms with van der Waals surface area (Å²) in [5, 5.41) is 9.42. The largest absolute Gasteiger partial charge is 0.469 e. The summed E-state index contributed by atoms with van der Waals surface area (Å²) < 4.78 is 10.1. The van der Waals surface area contributed by atoms with E-state index in [1.165, 1.54) is 7.11 Å². The summed E-state index contributed by atoms with van der Waals surface area (Å²) in [6.45, 7) is 6.33. The first-order chi connectivity index (χ1) is 11.2. The standard InChI is InChI=1S/C18H22N2O4/c1-18(2,3)24-17(22)20-6-5-13-7-12(9-16(21)23-4)8-14(10-19)15(13)11-20/h7-8H,5-6,9,11H2,1-4H3. The molecular weight excluding hydrogens is 308 g/mol. The van der Waals surface area contributed by atoms with Gasteiger partial charge in [-0.05, 0) is 49.9 Å². The van der Waals surface area contributed by atoms with Crippen LogP contribution in [0.4, 0.5) is 4.79 Å². The highest BCUT2D eigenvalue weighted by molar-refractivity contribution is 5.73. The maximum Gasteiger partial charge on any atom is 0.410 e. The predicted molar refractivity (Wildman–Crippen MR) is 87.2 cm³/mol. The first kappa shape index (κ1) is 17.8. The van der Waals surface area contributed by atoms with Crippen molar-refractivity contribution in [3.05, 3.63) is 34.4 Å². The molecule has 1 aromatic rings. The lowest BCUT2D eigenvalue weighted by Crippen LogP contribution is -2.40. The van der Waals surface area contributed by atoms with E-state index < -0.39 is 5.60 Å². The lowest BCUT2D eigenvalue weighted by Gasteiger charge is -2.31. The predicted octanol–water partition coefficient (Wildman–Crippen LogP) is 2.57. The van der Waals surface area contributed by atoms with Crippen LogP contribution >= 0.6 is 0 Å². The average Bonchev–Trinajstić information content (AvgIpc) is 2.51. The molecule has 0 spiro atoms. The van der Waals surface area contributed by atoms with E-state index in [2.05, 4.69) is 10.8 Å². The molecule has 2 rings (SSSR count). The van der Waals surface area contributed by atoms with E-state index in [1.807, 2.05) is 26.8 Å². The van der Waals surface area contributed by atoms with Crippen LogP contribution in [0.2, 0.25) is 0 Å². The number of esters is 1. The quantitative estimate of drug-likeness (QED) is 0.779. The smallest absolute Gasteiger partial charge is 0.410 e. The van der Waals surface area contributed by atoms with Gasteiger partial charge in [-0.15, -0.1) is 0 Å². The minimum atomic E-state index is -0.556. The number of benzene rings is 1. The number of hydrogen-bond donors (Lipinski definition) is 0. The van der Waals surface area contributed by atoms with Crippen LogP contribution in [0.5, 0.6) is 0 Å². The van der Waals surface area contributed by atoms with Gasteiger partial charge >= 0.3 is 12.1 Å². The molecule has 1 amide bonds. The summed E-state index contributed by atoms with van der Waals surface area (Å²) in [6.07, 6.45) is 0.377. The van der Waals surface area contributed by atoms with Crippen LogP contribution in [0, 0.1) is 11.3 Å². The second-order valence-electron chi connectivity index (χ2n) is 6.80. The van der Waals surface area contributed by atoms with Crippen molar-refractivity contribution in [3.8, 4) is 6.07 Å². The number of methoxy groups -OCH3 is 1. The third kappa shape index (κ3) is 4.25. The highest BCUT2D eigenvalue weighted by atomic mass is 16.6. The first-order valence-corrected chi connectivity index (χ1v) is 7.83. The van der Waals surface area contributed by atoms with Gasteiger partial charge in [0.2, 0.25) is 0 Å². The number of carbonyl (C=O) groups excluding carboxylic acids is 2. The summed E-state index contributed by atoms with van der Waals surface area (Å²) in [7, 11) is 1.34. The van der Waals surface area contributed by atoms with Crippen molar-refractivity contribution in [2.24, 2.45) is 0 Å². The second kappa shape index (κ2) is 6.91. The Morgan fingerprint density at radius 1 is 1.33 bits per heavy atom. The highest BCUT2D eigenvalue weighted by Gasteiger charge is 2.27. The van der Waals surface area contributed by atoms with E-state index in [0.717, 1.165) is 16.7 Å². The topological polar surface area (TPSA) is 79.6 Å². The minimum absolute atomic E-state index is 0.133. The third-order valence-corrected chi connectivity index (χ3v) is 3.75. The molecule has 0 atom stereocenters. The van der Waals surface area contributed by atoms with Gasteiger partial charge in [0.05, 0.1) is 31.7 Å². The van der Waals surface area contributed by atoms with Crippen LogP contribution in [0.1, 0.15) is 43.0 Å². The Hall–Kier alpha value is -2.55. The third-order valence-electron chi connectivity index (χ3n) is 3.75. The van der Waals surface area contributed by atoms with Gasteiger partial charge in [-0.3, -0.25) is 4.79 Å². The normalized spacial score (nSPS) is 13.7. The molecule has 1 heterocycles. The molecule has 128 valence electrons. The van der Waals surface area contributed by atoms with Crippen LogP contribution in [0.3, 0.4) is 0 Å². The summed E-state index contributed by atoms with van der Waals surface area (Å²) >= 11 is 0. The van der Waals surface area contributed by atoms with Gasteiger partial charge in [-0.1, -0.05) is 6.07 Å². The molecule has 0 aromatic heterocycles. The zero-order valence-corrected chi connectivity index (χ0v) is 14.5. The number of fused-ring (bicyclic) bond motifs is 1. The molecule has 0 fully saturated rings. The van der Waals surface area contributed by atoms with E-state index in [-0.39, 0.29) is 18.5 Å². The minimum Gasteiger partial charge on any atom is -0.469 e. The molecule has 0 unspecified atom stereocenters. The fourth-order valence-corrected chi connectivity index (χ4v) is 2.66.